The highest BCUT2D eigenvalue weighted by Crippen LogP contribution is 2.42. The summed E-state index contributed by atoms with van der Waals surface area (Å²) in [5.41, 5.74) is 6.61. The Morgan fingerprint density at radius 1 is 1.30 bits per heavy atom. The van der Waals surface area contributed by atoms with Crippen LogP contribution in [0.1, 0.15) is 15.2 Å². The van der Waals surface area contributed by atoms with E-state index in [1.54, 1.807) is 6.07 Å². The monoisotopic (exact) mass is 332 g/mol. The molecular weight excluding hydrogens is 320 g/mol. The van der Waals surface area contributed by atoms with Crippen LogP contribution in [0.3, 0.4) is 0 Å². The first-order valence-corrected chi connectivity index (χ1v) is 7.47. The van der Waals surface area contributed by atoms with E-state index in [9.17, 15) is 14.4 Å². The van der Waals surface area contributed by atoms with Gasteiger partial charge in [0.1, 0.15) is 17.2 Å². The molecule has 2 aromatic rings. The van der Waals surface area contributed by atoms with Gasteiger partial charge in [0.25, 0.3) is 5.91 Å². The van der Waals surface area contributed by atoms with E-state index < -0.39 is 24.5 Å². The first kappa shape index (κ1) is 15.0. The maximum Gasteiger partial charge on any atom is 0.348 e. The minimum Gasteiger partial charge on any atom is -0.488 e. The zero-order valence-corrected chi connectivity index (χ0v) is 12.6. The molecule has 0 spiro atoms. The number of thiophene rings is 1. The van der Waals surface area contributed by atoms with Crippen LogP contribution in [0.25, 0.3) is 10.4 Å². The number of nitrogens with one attached hydrogen (secondary N) is 1. The van der Waals surface area contributed by atoms with Gasteiger partial charge < -0.3 is 15.2 Å². The highest BCUT2D eigenvalue weighted by Gasteiger charge is 2.23. The van der Waals surface area contributed by atoms with Crippen molar-refractivity contribution in [1.82, 2.24) is 5.32 Å². The standard InChI is InChI=1S/C15H12N2O5S/c16-15(20)17-12(18)7-22-14(19)11-5-8-6-21-10-4-2-1-3-9(10)13(8)23-11/h1-5H,6-7H2,(H3,16,17,18,20). The molecule has 1 aromatic heterocycles. The van der Waals surface area contributed by atoms with Crippen LogP contribution in [0.4, 0.5) is 4.79 Å². The van der Waals surface area contributed by atoms with Crippen molar-refractivity contribution in [3.63, 3.8) is 0 Å². The number of nitrogens with two attached hydrogens (primary N) is 1. The van der Waals surface area contributed by atoms with Crippen LogP contribution in [0.15, 0.2) is 30.3 Å². The fraction of sp³-hybridized carbons (Fsp3) is 0.133. The Hall–Kier alpha value is -2.87. The van der Waals surface area contributed by atoms with Crippen LogP contribution in [-0.2, 0) is 16.1 Å². The van der Waals surface area contributed by atoms with E-state index in [-0.39, 0.29) is 0 Å². The Labute approximate surface area is 135 Å². The number of ether oxygens (including phenoxy) is 2. The van der Waals surface area contributed by atoms with E-state index >= 15 is 0 Å². The van der Waals surface area contributed by atoms with Crippen LogP contribution in [0.2, 0.25) is 0 Å². The second-order valence-electron chi connectivity index (χ2n) is 4.74. The lowest BCUT2D eigenvalue weighted by Crippen LogP contribution is -2.37. The molecule has 1 aromatic carbocycles. The van der Waals surface area contributed by atoms with Crippen molar-refractivity contribution in [3.05, 3.63) is 40.8 Å². The van der Waals surface area contributed by atoms with Gasteiger partial charge in [0, 0.05) is 16.0 Å². The molecule has 0 radical (unpaired) electrons. The Balaban J connectivity index is 1.74. The molecule has 0 unspecified atom stereocenters. The number of esters is 1. The maximum absolute atomic E-state index is 12.0. The Morgan fingerprint density at radius 2 is 2.09 bits per heavy atom. The minimum absolute atomic E-state index is 0.363. The lowest BCUT2D eigenvalue weighted by Gasteiger charge is -2.16. The fourth-order valence-electron chi connectivity index (χ4n) is 2.18. The quantitative estimate of drug-likeness (QED) is 0.831. The van der Waals surface area contributed by atoms with Crippen LogP contribution < -0.4 is 15.8 Å². The molecular formula is C15H12N2O5S. The van der Waals surface area contributed by atoms with Crippen LogP contribution >= 0.6 is 11.3 Å². The smallest absolute Gasteiger partial charge is 0.348 e. The second-order valence-corrected chi connectivity index (χ2v) is 5.79. The number of rotatable bonds is 3. The molecule has 1 aliphatic heterocycles. The van der Waals surface area contributed by atoms with Gasteiger partial charge in [0.2, 0.25) is 0 Å². The third-order valence-electron chi connectivity index (χ3n) is 3.12. The number of imide groups is 1. The van der Waals surface area contributed by atoms with Gasteiger partial charge in [-0.15, -0.1) is 11.3 Å². The summed E-state index contributed by atoms with van der Waals surface area (Å²) >= 11 is 1.27. The molecule has 0 bridgehead atoms. The van der Waals surface area contributed by atoms with E-state index in [0.29, 0.717) is 11.5 Å². The van der Waals surface area contributed by atoms with Crippen molar-refractivity contribution in [1.29, 1.82) is 0 Å². The molecule has 1 aliphatic rings. The average Bonchev–Trinajstić information content (AvgIpc) is 2.96. The lowest BCUT2D eigenvalue weighted by molar-refractivity contribution is -0.123. The second kappa shape index (κ2) is 6.09. The molecule has 0 fully saturated rings. The van der Waals surface area contributed by atoms with Gasteiger partial charge >= 0.3 is 12.0 Å². The summed E-state index contributed by atoms with van der Waals surface area (Å²) in [5.74, 6) is -0.648. The van der Waals surface area contributed by atoms with E-state index in [2.05, 4.69) is 0 Å². The molecule has 3 N–H and O–H groups in total. The molecule has 0 saturated heterocycles. The molecule has 0 saturated carbocycles. The van der Waals surface area contributed by atoms with Gasteiger partial charge in [-0.25, -0.2) is 9.59 Å². The molecule has 0 atom stereocenters. The number of para-hydroxylation sites is 1. The summed E-state index contributed by atoms with van der Waals surface area (Å²) in [6.07, 6.45) is 0. The van der Waals surface area contributed by atoms with Gasteiger partial charge in [-0.2, -0.15) is 0 Å². The van der Waals surface area contributed by atoms with Crippen molar-refractivity contribution >= 4 is 29.2 Å². The molecule has 3 amide bonds. The van der Waals surface area contributed by atoms with Gasteiger partial charge in [-0.3, -0.25) is 10.1 Å². The van der Waals surface area contributed by atoms with E-state index in [0.717, 1.165) is 21.8 Å². The number of carbonyl (C=O) groups is 3. The molecule has 3 rings (SSSR count). The average molecular weight is 332 g/mol. The van der Waals surface area contributed by atoms with Crippen molar-refractivity contribution in [3.8, 4) is 16.2 Å². The third kappa shape index (κ3) is 3.16. The number of hydrogen-bond donors (Lipinski definition) is 2. The van der Waals surface area contributed by atoms with Gasteiger partial charge in [-0.1, -0.05) is 12.1 Å². The normalized spacial score (nSPS) is 11.7. The number of benzene rings is 1. The molecule has 2 heterocycles. The number of fused-ring (bicyclic) bond motifs is 3. The highest BCUT2D eigenvalue weighted by atomic mass is 32.1. The van der Waals surface area contributed by atoms with Crippen LogP contribution in [0.5, 0.6) is 5.75 Å². The SMILES string of the molecule is NC(=O)NC(=O)COC(=O)c1cc2c(s1)-c1ccccc1OC2. The van der Waals surface area contributed by atoms with Crippen molar-refractivity contribution in [2.45, 2.75) is 6.61 Å². The number of primary amides is 1. The zero-order chi connectivity index (χ0) is 16.4. The predicted molar refractivity (Wildman–Crippen MR) is 82.1 cm³/mol. The number of hydrogen-bond acceptors (Lipinski definition) is 6. The summed E-state index contributed by atoms with van der Waals surface area (Å²) in [6, 6.07) is 8.24. The fourth-order valence-corrected chi connectivity index (χ4v) is 3.27. The first-order chi connectivity index (χ1) is 11.0. The van der Waals surface area contributed by atoms with Gasteiger partial charge in [-0.05, 0) is 18.2 Å². The number of urea groups is 1. The van der Waals surface area contributed by atoms with E-state index in [1.807, 2.05) is 29.6 Å². The topological polar surface area (TPSA) is 108 Å². The van der Waals surface area contributed by atoms with Crippen molar-refractivity contribution < 1.29 is 23.9 Å². The summed E-state index contributed by atoms with van der Waals surface area (Å²) in [6.45, 7) is -0.199. The van der Waals surface area contributed by atoms with Crippen molar-refractivity contribution in [2.24, 2.45) is 5.73 Å². The molecule has 0 aliphatic carbocycles. The summed E-state index contributed by atoms with van der Waals surface area (Å²) in [5, 5.41) is 1.82. The highest BCUT2D eigenvalue weighted by molar-refractivity contribution is 7.17. The Morgan fingerprint density at radius 3 is 2.87 bits per heavy atom. The van der Waals surface area contributed by atoms with Crippen LogP contribution in [0, 0.1) is 0 Å². The number of carbonyl (C=O) groups excluding carboxylic acids is 3. The zero-order valence-electron chi connectivity index (χ0n) is 11.8. The van der Waals surface area contributed by atoms with Crippen LogP contribution in [-0.4, -0.2) is 24.5 Å². The summed E-state index contributed by atoms with van der Waals surface area (Å²) in [4.78, 5) is 35.1. The van der Waals surface area contributed by atoms with Crippen molar-refractivity contribution in [2.75, 3.05) is 6.61 Å². The Kier molecular flexibility index (Phi) is 3.98. The maximum atomic E-state index is 12.0. The predicted octanol–water partition coefficient (Wildman–Crippen LogP) is 1.66. The number of amides is 3. The molecule has 8 heteroatoms. The van der Waals surface area contributed by atoms with E-state index in [4.69, 9.17) is 15.2 Å². The summed E-state index contributed by atoms with van der Waals surface area (Å²) < 4.78 is 10.5. The molecule has 118 valence electrons. The lowest BCUT2D eigenvalue weighted by atomic mass is 10.1. The third-order valence-corrected chi connectivity index (χ3v) is 4.31. The molecule has 23 heavy (non-hydrogen) atoms. The summed E-state index contributed by atoms with van der Waals surface area (Å²) in [7, 11) is 0. The first-order valence-electron chi connectivity index (χ1n) is 6.66. The molecule has 7 nitrogen and oxygen atoms in total. The largest absolute Gasteiger partial charge is 0.488 e. The Bertz CT molecular complexity index is 799. The van der Waals surface area contributed by atoms with Gasteiger partial charge in [0.05, 0.1) is 0 Å². The minimum atomic E-state index is -0.994. The van der Waals surface area contributed by atoms with E-state index in [1.165, 1.54) is 11.3 Å². The van der Waals surface area contributed by atoms with Gasteiger partial charge in [0.15, 0.2) is 6.61 Å².